The summed E-state index contributed by atoms with van der Waals surface area (Å²) in [6.07, 6.45) is 3.99. The molecule has 80 valence electrons. The first-order chi connectivity index (χ1) is 6.50. The first kappa shape index (κ1) is 11.3. The van der Waals surface area contributed by atoms with E-state index in [-0.39, 0.29) is 11.4 Å². The number of rotatable bonds is 2. The number of allylic oxidation sites excluding steroid dienone is 2. The Bertz CT molecular complexity index is 255. The summed E-state index contributed by atoms with van der Waals surface area (Å²) in [5.74, 6) is 0.336. The van der Waals surface area contributed by atoms with Crippen LogP contribution >= 0.6 is 0 Å². The van der Waals surface area contributed by atoms with E-state index in [1.807, 2.05) is 13.8 Å². The maximum absolute atomic E-state index is 11.8. The third-order valence-corrected chi connectivity index (χ3v) is 3.33. The first-order valence-corrected chi connectivity index (χ1v) is 5.33. The highest BCUT2D eigenvalue weighted by atomic mass is 16.5. The predicted molar refractivity (Wildman–Crippen MR) is 56.9 cm³/mol. The van der Waals surface area contributed by atoms with Gasteiger partial charge in [-0.15, -0.1) is 0 Å². The maximum Gasteiger partial charge on any atom is 0.312 e. The molecule has 0 aromatic rings. The van der Waals surface area contributed by atoms with E-state index < -0.39 is 0 Å². The molecule has 0 aromatic heterocycles. The zero-order valence-electron chi connectivity index (χ0n) is 9.59. The molecule has 0 aliphatic heterocycles. The summed E-state index contributed by atoms with van der Waals surface area (Å²) in [4.78, 5) is 11.8. The number of carbonyl (C=O) groups excluding carboxylic acids is 1. The van der Waals surface area contributed by atoms with Crippen LogP contribution in [0.5, 0.6) is 0 Å². The molecule has 0 spiro atoms. The Morgan fingerprint density at radius 3 is 2.86 bits per heavy atom. The highest BCUT2D eigenvalue weighted by Gasteiger charge is 2.41. The third kappa shape index (κ3) is 1.99. The summed E-state index contributed by atoms with van der Waals surface area (Å²) in [6, 6.07) is 0. The lowest BCUT2D eigenvalue weighted by atomic mass is 9.69. The van der Waals surface area contributed by atoms with Crippen LogP contribution in [0.4, 0.5) is 0 Å². The molecule has 1 rings (SSSR count). The van der Waals surface area contributed by atoms with Gasteiger partial charge < -0.3 is 4.74 Å². The number of esters is 1. The van der Waals surface area contributed by atoms with Crippen molar-refractivity contribution in [1.82, 2.24) is 0 Å². The summed E-state index contributed by atoms with van der Waals surface area (Å²) in [5.41, 5.74) is 1.08. The molecule has 14 heavy (non-hydrogen) atoms. The Morgan fingerprint density at radius 1 is 1.71 bits per heavy atom. The van der Waals surface area contributed by atoms with Crippen LogP contribution in [0, 0.1) is 11.3 Å². The van der Waals surface area contributed by atoms with Gasteiger partial charge in [0.05, 0.1) is 12.0 Å². The predicted octanol–water partition coefficient (Wildman–Crippen LogP) is 2.93. The molecule has 0 amide bonds. The van der Waals surface area contributed by atoms with Gasteiger partial charge in [-0.25, -0.2) is 0 Å². The van der Waals surface area contributed by atoms with Crippen molar-refractivity contribution in [2.75, 3.05) is 6.61 Å². The second kappa shape index (κ2) is 4.16. The van der Waals surface area contributed by atoms with Crippen molar-refractivity contribution >= 4 is 5.97 Å². The third-order valence-electron chi connectivity index (χ3n) is 3.33. The number of hydrogen-bond acceptors (Lipinski definition) is 2. The summed E-state index contributed by atoms with van der Waals surface area (Å²) >= 11 is 0. The molecule has 0 fully saturated rings. The maximum atomic E-state index is 11.8. The standard InChI is InChI=1S/C12H20O2/c1-5-14-11(13)12(4)7-6-9(2)8-10(12)3/h6,10H,5,7-8H2,1-4H3. The van der Waals surface area contributed by atoms with Crippen LogP contribution in [0.25, 0.3) is 0 Å². The van der Waals surface area contributed by atoms with E-state index in [1.165, 1.54) is 5.57 Å². The fraction of sp³-hybridized carbons (Fsp3) is 0.750. The second-order valence-corrected chi connectivity index (χ2v) is 4.50. The molecule has 0 N–H and O–H groups in total. The van der Waals surface area contributed by atoms with E-state index in [0.717, 1.165) is 12.8 Å². The zero-order valence-corrected chi connectivity index (χ0v) is 9.59. The smallest absolute Gasteiger partial charge is 0.312 e. The van der Waals surface area contributed by atoms with Crippen molar-refractivity contribution in [2.45, 2.75) is 40.5 Å². The topological polar surface area (TPSA) is 26.3 Å². The molecule has 2 nitrogen and oxygen atoms in total. The largest absolute Gasteiger partial charge is 0.466 e. The number of ether oxygens (including phenoxy) is 1. The minimum atomic E-state index is -0.310. The van der Waals surface area contributed by atoms with Crippen LogP contribution < -0.4 is 0 Å². The van der Waals surface area contributed by atoms with Crippen LogP contribution in [-0.4, -0.2) is 12.6 Å². The van der Waals surface area contributed by atoms with E-state index in [0.29, 0.717) is 12.5 Å². The molecule has 2 unspecified atom stereocenters. The summed E-state index contributed by atoms with van der Waals surface area (Å²) in [6.45, 7) is 8.60. The summed E-state index contributed by atoms with van der Waals surface area (Å²) in [5, 5.41) is 0. The minimum absolute atomic E-state index is 0.0451. The molecule has 0 saturated carbocycles. The second-order valence-electron chi connectivity index (χ2n) is 4.50. The summed E-state index contributed by atoms with van der Waals surface area (Å²) < 4.78 is 5.12. The lowest BCUT2D eigenvalue weighted by Crippen LogP contribution is -2.37. The van der Waals surface area contributed by atoms with Gasteiger partial charge in [-0.2, -0.15) is 0 Å². The molecule has 0 aromatic carbocycles. The van der Waals surface area contributed by atoms with Crippen molar-refractivity contribution in [3.05, 3.63) is 11.6 Å². The monoisotopic (exact) mass is 196 g/mol. The van der Waals surface area contributed by atoms with E-state index in [4.69, 9.17) is 4.74 Å². The average Bonchev–Trinajstić information content (AvgIpc) is 2.12. The van der Waals surface area contributed by atoms with E-state index >= 15 is 0 Å². The SMILES string of the molecule is CCOC(=O)C1(C)CC=C(C)CC1C. The molecule has 0 radical (unpaired) electrons. The quantitative estimate of drug-likeness (QED) is 0.501. The first-order valence-electron chi connectivity index (χ1n) is 5.33. The average molecular weight is 196 g/mol. The normalized spacial score (nSPS) is 32.3. The van der Waals surface area contributed by atoms with Crippen molar-refractivity contribution in [3.8, 4) is 0 Å². The van der Waals surface area contributed by atoms with Gasteiger partial charge in [0, 0.05) is 0 Å². The molecular formula is C12H20O2. The van der Waals surface area contributed by atoms with Crippen molar-refractivity contribution < 1.29 is 9.53 Å². The van der Waals surface area contributed by atoms with E-state index in [1.54, 1.807) is 0 Å². The van der Waals surface area contributed by atoms with Gasteiger partial charge in [0.1, 0.15) is 0 Å². The Labute approximate surface area is 86.3 Å². The van der Waals surface area contributed by atoms with Gasteiger partial charge in [-0.05, 0) is 39.5 Å². The van der Waals surface area contributed by atoms with E-state index in [2.05, 4.69) is 19.9 Å². The van der Waals surface area contributed by atoms with Crippen LogP contribution in [-0.2, 0) is 9.53 Å². The van der Waals surface area contributed by atoms with Gasteiger partial charge in [-0.3, -0.25) is 4.79 Å². The van der Waals surface area contributed by atoms with Gasteiger partial charge >= 0.3 is 5.97 Å². The molecule has 0 heterocycles. The molecular weight excluding hydrogens is 176 g/mol. The van der Waals surface area contributed by atoms with Gasteiger partial charge in [-0.1, -0.05) is 18.6 Å². The Kier molecular flexibility index (Phi) is 3.35. The molecule has 1 aliphatic carbocycles. The van der Waals surface area contributed by atoms with Crippen molar-refractivity contribution in [2.24, 2.45) is 11.3 Å². The fourth-order valence-corrected chi connectivity index (χ4v) is 1.96. The highest BCUT2D eigenvalue weighted by Crippen LogP contribution is 2.40. The zero-order chi connectivity index (χ0) is 10.8. The van der Waals surface area contributed by atoms with Gasteiger partial charge in [0.25, 0.3) is 0 Å². The fourth-order valence-electron chi connectivity index (χ4n) is 1.96. The molecule has 1 aliphatic rings. The minimum Gasteiger partial charge on any atom is -0.466 e. The van der Waals surface area contributed by atoms with Gasteiger partial charge in [0.15, 0.2) is 0 Å². The van der Waals surface area contributed by atoms with Crippen LogP contribution in [0.1, 0.15) is 40.5 Å². The van der Waals surface area contributed by atoms with Crippen LogP contribution in [0.3, 0.4) is 0 Å². The molecule has 2 atom stereocenters. The van der Waals surface area contributed by atoms with Crippen LogP contribution in [0.15, 0.2) is 11.6 Å². The van der Waals surface area contributed by atoms with Crippen molar-refractivity contribution in [1.29, 1.82) is 0 Å². The van der Waals surface area contributed by atoms with Crippen LogP contribution in [0.2, 0.25) is 0 Å². The Morgan fingerprint density at radius 2 is 2.36 bits per heavy atom. The Hall–Kier alpha value is -0.790. The Balaban J connectivity index is 2.79. The van der Waals surface area contributed by atoms with Gasteiger partial charge in [0.2, 0.25) is 0 Å². The van der Waals surface area contributed by atoms with Crippen molar-refractivity contribution in [3.63, 3.8) is 0 Å². The number of hydrogen-bond donors (Lipinski definition) is 0. The van der Waals surface area contributed by atoms with E-state index in [9.17, 15) is 4.79 Å². The lowest BCUT2D eigenvalue weighted by Gasteiger charge is -2.36. The summed E-state index contributed by atoms with van der Waals surface area (Å²) in [7, 11) is 0. The molecule has 0 saturated heterocycles. The molecule has 2 heteroatoms. The lowest BCUT2D eigenvalue weighted by molar-refractivity contribution is -0.157. The highest BCUT2D eigenvalue weighted by molar-refractivity contribution is 5.77. The number of carbonyl (C=O) groups is 1. The molecule has 0 bridgehead atoms.